The predicted octanol–water partition coefficient (Wildman–Crippen LogP) is 5.39. The molecule has 1 fully saturated rings. The first-order valence-electron chi connectivity index (χ1n) is 10.1. The van der Waals surface area contributed by atoms with Crippen molar-refractivity contribution < 1.29 is 22.8 Å². The minimum absolute atomic E-state index is 0.0822. The lowest BCUT2D eigenvalue weighted by molar-refractivity contribution is -0.275. The van der Waals surface area contributed by atoms with E-state index in [1.54, 1.807) is 17.0 Å². The van der Waals surface area contributed by atoms with Crippen molar-refractivity contribution in [3.63, 3.8) is 0 Å². The summed E-state index contributed by atoms with van der Waals surface area (Å²) in [5.74, 6) is 0.0443. The third-order valence-corrected chi connectivity index (χ3v) is 6.41. The van der Waals surface area contributed by atoms with E-state index in [-0.39, 0.29) is 33.4 Å². The Morgan fingerprint density at radius 3 is 2.44 bits per heavy atom. The average molecular weight is 484 g/mol. The van der Waals surface area contributed by atoms with E-state index in [9.17, 15) is 18.0 Å². The third-order valence-electron chi connectivity index (χ3n) is 5.97. The summed E-state index contributed by atoms with van der Waals surface area (Å²) in [5, 5.41) is 6.92. The molecule has 2 aromatic rings. The number of amidine groups is 1. The molecular weight excluding hydrogens is 466 g/mol. The molecule has 1 amide bonds. The Bertz CT molecular complexity index is 1110. The first-order chi connectivity index (χ1) is 15.1. The molecule has 1 N–H and O–H groups in total. The number of benzene rings is 2. The number of halogens is 5. The SMILES string of the molecule is O=C(NC1CC1)c1ccc2c(c1)CN(C1=NOC(c3cc(Cl)cc(Cl)c3)(C(F)(F)F)C1)C2. The largest absolute Gasteiger partial charge is 0.435 e. The second-order valence-electron chi connectivity index (χ2n) is 8.35. The lowest BCUT2D eigenvalue weighted by Gasteiger charge is -2.30. The van der Waals surface area contributed by atoms with Crippen LogP contribution in [0.2, 0.25) is 10.0 Å². The molecule has 5 rings (SSSR count). The van der Waals surface area contributed by atoms with Crippen LogP contribution in [0.1, 0.15) is 46.3 Å². The number of alkyl halides is 3. The molecule has 1 saturated carbocycles. The summed E-state index contributed by atoms with van der Waals surface area (Å²) in [6.45, 7) is 0.721. The third kappa shape index (κ3) is 3.79. The van der Waals surface area contributed by atoms with Crippen LogP contribution in [0.25, 0.3) is 0 Å². The van der Waals surface area contributed by atoms with Crippen molar-refractivity contribution in [2.75, 3.05) is 0 Å². The molecule has 5 nitrogen and oxygen atoms in total. The molecular formula is C22H18Cl2F3N3O2. The van der Waals surface area contributed by atoms with Gasteiger partial charge in [-0.05, 0) is 54.3 Å². The van der Waals surface area contributed by atoms with Crippen molar-refractivity contribution in [3.8, 4) is 0 Å². The van der Waals surface area contributed by atoms with Crippen molar-refractivity contribution in [2.24, 2.45) is 5.16 Å². The van der Waals surface area contributed by atoms with Crippen molar-refractivity contribution in [1.29, 1.82) is 0 Å². The van der Waals surface area contributed by atoms with Gasteiger partial charge in [-0.3, -0.25) is 4.79 Å². The summed E-state index contributed by atoms with van der Waals surface area (Å²) in [4.78, 5) is 19.1. The highest BCUT2D eigenvalue weighted by atomic mass is 35.5. The first-order valence-corrected chi connectivity index (χ1v) is 10.9. The minimum Gasteiger partial charge on any atom is -0.372 e. The molecule has 2 aliphatic heterocycles. The van der Waals surface area contributed by atoms with E-state index >= 15 is 0 Å². The van der Waals surface area contributed by atoms with E-state index in [4.69, 9.17) is 28.0 Å². The Hall–Kier alpha value is -2.45. The summed E-state index contributed by atoms with van der Waals surface area (Å²) in [5.41, 5.74) is -0.504. The van der Waals surface area contributed by atoms with Crippen LogP contribution in [0.3, 0.4) is 0 Å². The number of amides is 1. The Balaban J connectivity index is 1.37. The van der Waals surface area contributed by atoms with Crippen molar-refractivity contribution >= 4 is 34.9 Å². The maximum Gasteiger partial charge on any atom is 0.435 e. The smallest absolute Gasteiger partial charge is 0.372 e. The van der Waals surface area contributed by atoms with Crippen LogP contribution in [0.4, 0.5) is 13.2 Å². The zero-order valence-electron chi connectivity index (χ0n) is 16.7. The van der Waals surface area contributed by atoms with Gasteiger partial charge in [-0.1, -0.05) is 34.4 Å². The average Bonchev–Trinajstić information content (AvgIpc) is 3.25. The number of rotatable bonds is 3. The topological polar surface area (TPSA) is 53.9 Å². The Morgan fingerprint density at radius 1 is 1.09 bits per heavy atom. The lowest BCUT2D eigenvalue weighted by atomic mass is 9.89. The highest BCUT2D eigenvalue weighted by molar-refractivity contribution is 6.34. The Labute approximate surface area is 192 Å². The van der Waals surface area contributed by atoms with E-state index in [1.807, 2.05) is 6.07 Å². The van der Waals surface area contributed by atoms with Crippen molar-refractivity contribution in [3.05, 3.63) is 68.7 Å². The maximum atomic E-state index is 14.2. The fourth-order valence-electron chi connectivity index (χ4n) is 4.06. The number of hydrogen-bond acceptors (Lipinski definition) is 4. The summed E-state index contributed by atoms with van der Waals surface area (Å²) >= 11 is 11.9. The van der Waals surface area contributed by atoms with Crippen LogP contribution in [0, 0.1) is 0 Å². The van der Waals surface area contributed by atoms with Gasteiger partial charge < -0.3 is 15.1 Å². The zero-order valence-corrected chi connectivity index (χ0v) is 18.2. The molecule has 2 heterocycles. The number of fused-ring (bicyclic) bond motifs is 1. The lowest BCUT2D eigenvalue weighted by Crippen LogP contribution is -2.43. The molecule has 10 heteroatoms. The second kappa shape index (κ2) is 7.56. The van der Waals surface area contributed by atoms with Gasteiger partial charge in [0.15, 0.2) is 0 Å². The molecule has 1 unspecified atom stereocenters. The molecule has 32 heavy (non-hydrogen) atoms. The summed E-state index contributed by atoms with van der Waals surface area (Å²) < 4.78 is 42.6. The van der Waals surface area contributed by atoms with Crippen molar-refractivity contribution in [2.45, 2.75) is 50.2 Å². The van der Waals surface area contributed by atoms with Gasteiger partial charge >= 0.3 is 6.18 Å². The molecule has 0 saturated heterocycles. The molecule has 1 aliphatic carbocycles. The van der Waals surface area contributed by atoms with Gasteiger partial charge in [0.05, 0.1) is 6.42 Å². The van der Waals surface area contributed by atoms with Crippen LogP contribution in [0.15, 0.2) is 41.6 Å². The van der Waals surface area contributed by atoms with Crippen LogP contribution in [-0.4, -0.2) is 28.9 Å². The van der Waals surface area contributed by atoms with Crippen molar-refractivity contribution in [1.82, 2.24) is 10.2 Å². The number of nitrogens with zero attached hydrogens (tertiary/aromatic N) is 2. The summed E-state index contributed by atoms with van der Waals surface area (Å²) in [6.07, 6.45) is -3.27. The van der Waals surface area contributed by atoms with Gasteiger partial charge in [0.25, 0.3) is 11.5 Å². The van der Waals surface area contributed by atoms with Crippen LogP contribution in [-0.2, 0) is 23.5 Å². The number of nitrogens with one attached hydrogen (secondary N) is 1. The molecule has 0 radical (unpaired) electrons. The molecule has 2 aromatic carbocycles. The number of oxime groups is 1. The van der Waals surface area contributed by atoms with Gasteiger partial charge in [-0.2, -0.15) is 13.2 Å². The predicted molar refractivity (Wildman–Crippen MR) is 114 cm³/mol. The Kier molecular flexibility index (Phi) is 5.05. The monoisotopic (exact) mass is 483 g/mol. The number of carbonyl (C=O) groups is 1. The number of carbonyl (C=O) groups excluding carboxylic acids is 1. The van der Waals surface area contributed by atoms with Gasteiger partial charge in [-0.15, -0.1) is 0 Å². The molecule has 0 bridgehead atoms. The second-order valence-corrected chi connectivity index (χ2v) is 9.22. The van der Waals surface area contributed by atoms with Gasteiger partial charge in [-0.25, -0.2) is 0 Å². The normalized spacial score (nSPS) is 22.4. The fraction of sp³-hybridized carbons (Fsp3) is 0.364. The molecule has 1 atom stereocenters. The summed E-state index contributed by atoms with van der Waals surface area (Å²) in [7, 11) is 0. The highest BCUT2D eigenvalue weighted by Crippen LogP contribution is 2.49. The standard InChI is InChI=1S/C22H18Cl2F3N3O2/c23-16-6-15(7-17(24)8-16)21(22(25,26)27)9-19(29-32-21)30-10-13-2-1-12(5-14(13)11-30)20(31)28-18-3-4-18/h1-2,5-8,18H,3-4,9-11H2,(H,28,31). The Morgan fingerprint density at radius 2 is 1.78 bits per heavy atom. The van der Waals surface area contributed by atoms with E-state index in [0.29, 0.717) is 18.7 Å². The van der Waals surface area contributed by atoms with E-state index in [1.165, 1.54) is 18.2 Å². The van der Waals surface area contributed by atoms with E-state index in [0.717, 1.165) is 24.0 Å². The molecule has 3 aliphatic rings. The highest BCUT2D eigenvalue weighted by Gasteiger charge is 2.63. The van der Waals surface area contributed by atoms with Gasteiger partial charge in [0, 0.05) is 40.3 Å². The quantitative estimate of drug-likeness (QED) is 0.636. The zero-order chi connectivity index (χ0) is 22.7. The molecule has 168 valence electrons. The van der Waals surface area contributed by atoms with Crippen LogP contribution < -0.4 is 5.32 Å². The van der Waals surface area contributed by atoms with Crippen LogP contribution in [0.5, 0.6) is 0 Å². The van der Waals surface area contributed by atoms with Crippen LogP contribution >= 0.6 is 23.2 Å². The molecule has 0 aromatic heterocycles. The maximum absolute atomic E-state index is 14.2. The summed E-state index contributed by atoms with van der Waals surface area (Å²) in [6, 6.07) is 9.36. The van der Waals surface area contributed by atoms with Gasteiger partial charge in [0.1, 0.15) is 5.84 Å². The first kappa shape index (κ1) is 21.4. The number of hydrogen-bond donors (Lipinski definition) is 1. The van der Waals surface area contributed by atoms with E-state index < -0.39 is 18.2 Å². The van der Waals surface area contributed by atoms with Gasteiger partial charge in [0.2, 0.25) is 0 Å². The minimum atomic E-state index is -4.74. The molecule has 0 spiro atoms. The fourth-order valence-corrected chi connectivity index (χ4v) is 4.59. The van der Waals surface area contributed by atoms with E-state index in [2.05, 4.69) is 10.5 Å².